The highest BCUT2D eigenvalue weighted by molar-refractivity contribution is 7.85. The Morgan fingerprint density at radius 3 is 2.66 bits per heavy atom. The van der Waals surface area contributed by atoms with Crippen molar-refractivity contribution in [1.29, 1.82) is 0 Å². The third kappa shape index (κ3) is 6.31. The van der Waals surface area contributed by atoms with E-state index in [1.807, 2.05) is 43.3 Å². The predicted octanol–water partition coefficient (Wildman–Crippen LogP) is 3.84. The summed E-state index contributed by atoms with van der Waals surface area (Å²) >= 11 is 6.50. The van der Waals surface area contributed by atoms with Gasteiger partial charge in [-0.2, -0.15) is 8.42 Å². The molecule has 1 aliphatic heterocycles. The van der Waals surface area contributed by atoms with Gasteiger partial charge in [-0.25, -0.2) is 4.98 Å². The number of amides is 1. The minimum atomic E-state index is -4.00. The molecular formula is C23H27ClN2O5S. The van der Waals surface area contributed by atoms with Crippen LogP contribution in [0.2, 0.25) is 5.02 Å². The second-order valence-corrected chi connectivity index (χ2v) is 9.69. The van der Waals surface area contributed by atoms with E-state index in [2.05, 4.69) is 10.3 Å². The zero-order chi connectivity index (χ0) is 23.3. The number of aryl methyl sites for hydroxylation is 2. The number of nitrogens with one attached hydrogen (secondary N) is 1. The van der Waals surface area contributed by atoms with E-state index in [-0.39, 0.29) is 24.1 Å². The molecule has 0 spiro atoms. The lowest BCUT2D eigenvalue weighted by Gasteiger charge is -2.15. The molecule has 9 heteroatoms. The predicted molar refractivity (Wildman–Crippen MR) is 125 cm³/mol. The van der Waals surface area contributed by atoms with E-state index in [0.717, 1.165) is 28.7 Å². The van der Waals surface area contributed by atoms with Gasteiger partial charge in [0.25, 0.3) is 10.1 Å². The molecule has 2 heterocycles. The Morgan fingerprint density at radius 1 is 1.31 bits per heavy atom. The number of nitrogens with zero attached hydrogens (tertiary/aromatic N) is 1. The molecule has 0 radical (unpaired) electrons. The average Bonchev–Trinajstić information content (AvgIpc) is 3.16. The number of ether oxygens (including phenoxy) is 1. The van der Waals surface area contributed by atoms with Crippen LogP contribution in [0.15, 0.2) is 36.4 Å². The lowest BCUT2D eigenvalue weighted by atomic mass is 9.96. The van der Waals surface area contributed by atoms with Crippen molar-refractivity contribution in [3.63, 3.8) is 0 Å². The number of hydrogen-bond donors (Lipinski definition) is 2. The molecule has 1 atom stereocenters. The van der Waals surface area contributed by atoms with Gasteiger partial charge in [0, 0.05) is 28.6 Å². The molecule has 1 aliphatic rings. The number of methoxy groups -OCH3 is 1. The number of rotatable bonds is 9. The maximum atomic E-state index is 11.7. The molecule has 0 unspecified atom stereocenters. The normalized spacial score (nSPS) is 16.8. The van der Waals surface area contributed by atoms with Gasteiger partial charge in [0.15, 0.2) is 0 Å². The number of halogens is 1. The van der Waals surface area contributed by atoms with Gasteiger partial charge in [0.2, 0.25) is 11.8 Å². The number of aromatic nitrogens is 1. The van der Waals surface area contributed by atoms with Crippen LogP contribution >= 0.6 is 11.6 Å². The van der Waals surface area contributed by atoms with Crippen molar-refractivity contribution >= 4 is 33.2 Å². The van der Waals surface area contributed by atoms with E-state index >= 15 is 0 Å². The first-order valence-corrected chi connectivity index (χ1v) is 12.5. The van der Waals surface area contributed by atoms with Crippen molar-refractivity contribution in [3.8, 4) is 5.88 Å². The molecule has 2 N–H and O–H groups in total. The molecule has 0 saturated carbocycles. The Labute approximate surface area is 193 Å². The average molecular weight is 479 g/mol. The summed E-state index contributed by atoms with van der Waals surface area (Å²) in [5.74, 6) is 0.259. The van der Waals surface area contributed by atoms with Crippen LogP contribution in [-0.2, 0) is 27.8 Å². The van der Waals surface area contributed by atoms with Crippen LogP contribution in [0, 0.1) is 0 Å². The van der Waals surface area contributed by atoms with E-state index in [0.29, 0.717) is 35.9 Å². The summed E-state index contributed by atoms with van der Waals surface area (Å²) in [6, 6.07) is 9.36. The summed E-state index contributed by atoms with van der Waals surface area (Å²) in [6.45, 7) is 2.03. The molecule has 172 valence electrons. The van der Waals surface area contributed by atoms with Crippen molar-refractivity contribution in [2.75, 3.05) is 12.9 Å². The Morgan fingerprint density at radius 2 is 2.06 bits per heavy atom. The van der Waals surface area contributed by atoms with Crippen LogP contribution < -0.4 is 10.1 Å². The van der Waals surface area contributed by atoms with Crippen LogP contribution in [0.5, 0.6) is 5.88 Å². The van der Waals surface area contributed by atoms with Crippen LogP contribution in [0.1, 0.15) is 48.6 Å². The molecule has 3 rings (SSSR count). The Hall–Kier alpha value is -2.42. The molecule has 32 heavy (non-hydrogen) atoms. The van der Waals surface area contributed by atoms with Gasteiger partial charge in [-0.1, -0.05) is 42.8 Å². The zero-order valence-corrected chi connectivity index (χ0v) is 19.7. The highest BCUT2D eigenvalue weighted by Crippen LogP contribution is 2.30. The molecule has 1 aromatic heterocycles. The molecule has 2 aromatic rings. The molecule has 7 nitrogen and oxygen atoms in total. The SMILES string of the molecule is CCc1ccc(/C(=C/[C@H]2CCC(=O)N2)c2ccc(CCCS(=O)(=O)O)c(Cl)c2)nc1OC. The Bertz CT molecular complexity index is 1130. The maximum absolute atomic E-state index is 11.7. The van der Waals surface area contributed by atoms with Crippen LogP contribution in [-0.4, -0.2) is 42.8 Å². The number of carbonyl (C=O) groups excluding carboxylic acids is 1. The molecule has 1 saturated heterocycles. The second kappa shape index (κ2) is 10.5. The smallest absolute Gasteiger partial charge is 0.264 e. The first-order valence-electron chi connectivity index (χ1n) is 10.5. The standard InChI is InChI=1S/C23H27ClN2O5S/c1-3-15-8-10-21(26-23(15)31-2)19(14-18-9-11-22(27)25-18)17-7-6-16(20(24)13-17)5-4-12-32(28,29)30/h6-8,10,13-14,18H,3-5,9,11-12H2,1-2H3,(H,25,27)(H,28,29,30)/b19-14+/t18-/m1/s1. The van der Waals surface area contributed by atoms with E-state index in [1.54, 1.807) is 7.11 Å². The van der Waals surface area contributed by atoms with Crippen LogP contribution in [0.3, 0.4) is 0 Å². The fraction of sp³-hybridized carbons (Fsp3) is 0.391. The number of benzene rings is 1. The number of carbonyl (C=O) groups is 1. The van der Waals surface area contributed by atoms with Crippen molar-refractivity contribution in [2.24, 2.45) is 0 Å². The van der Waals surface area contributed by atoms with E-state index in [4.69, 9.17) is 20.9 Å². The van der Waals surface area contributed by atoms with Crippen molar-refractivity contribution in [1.82, 2.24) is 10.3 Å². The lowest BCUT2D eigenvalue weighted by molar-refractivity contribution is -0.119. The summed E-state index contributed by atoms with van der Waals surface area (Å²) in [4.78, 5) is 16.4. The summed E-state index contributed by atoms with van der Waals surface area (Å²) in [7, 11) is -2.41. The molecule has 1 amide bonds. The Kier molecular flexibility index (Phi) is 7.92. The minimum absolute atomic E-state index is 0.0182. The second-order valence-electron chi connectivity index (χ2n) is 7.71. The largest absolute Gasteiger partial charge is 0.481 e. The van der Waals surface area contributed by atoms with Gasteiger partial charge in [-0.05, 0) is 48.9 Å². The molecular weight excluding hydrogens is 452 g/mol. The summed E-state index contributed by atoms with van der Waals surface area (Å²) in [6.07, 6.45) is 4.65. The van der Waals surface area contributed by atoms with E-state index in [1.165, 1.54) is 0 Å². The van der Waals surface area contributed by atoms with Gasteiger partial charge in [-0.3, -0.25) is 9.35 Å². The van der Waals surface area contributed by atoms with Gasteiger partial charge in [-0.15, -0.1) is 0 Å². The first-order chi connectivity index (χ1) is 15.2. The number of pyridine rings is 1. The fourth-order valence-corrected chi connectivity index (χ4v) is 4.51. The van der Waals surface area contributed by atoms with E-state index < -0.39 is 10.1 Å². The minimum Gasteiger partial charge on any atom is -0.481 e. The van der Waals surface area contributed by atoms with Crippen molar-refractivity contribution in [3.05, 3.63) is 63.8 Å². The van der Waals surface area contributed by atoms with Gasteiger partial charge < -0.3 is 10.1 Å². The lowest BCUT2D eigenvalue weighted by Crippen LogP contribution is -2.23. The molecule has 1 fully saturated rings. The molecule has 0 aliphatic carbocycles. The molecule has 0 bridgehead atoms. The first kappa shape index (κ1) is 24.2. The zero-order valence-electron chi connectivity index (χ0n) is 18.1. The van der Waals surface area contributed by atoms with E-state index in [9.17, 15) is 13.2 Å². The maximum Gasteiger partial charge on any atom is 0.264 e. The Balaban J connectivity index is 1.96. The highest BCUT2D eigenvalue weighted by atomic mass is 35.5. The highest BCUT2D eigenvalue weighted by Gasteiger charge is 2.21. The third-order valence-electron chi connectivity index (χ3n) is 5.40. The summed E-state index contributed by atoms with van der Waals surface area (Å²) < 4.78 is 36.3. The monoisotopic (exact) mass is 478 g/mol. The number of hydrogen-bond acceptors (Lipinski definition) is 5. The third-order valence-corrected chi connectivity index (χ3v) is 6.55. The summed E-state index contributed by atoms with van der Waals surface area (Å²) in [5, 5.41) is 3.45. The fourth-order valence-electron chi connectivity index (χ4n) is 3.72. The van der Waals surface area contributed by atoms with Crippen LogP contribution in [0.25, 0.3) is 5.57 Å². The molecule has 1 aromatic carbocycles. The van der Waals surface area contributed by atoms with Crippen molar-refractivity contribution < 1.29 is 22.5 Å². The summed E-state index contributed by atoms with van der Waals surface area (Å²) in [5.41, 5.74) is 4.14. The van der Waals surface area contributed by atoms with Gasteiger partial charge in [0.05, 0.1) is 18.6 Å². The van der Waals surface area contributed by atoms with Crippen LogP contribution in [0.4, 0.5) is 0 Å². The topological polar surface area (TPSA) is 106 Å². The van der Waals surface area contributed by atoms with Gasteiger partial charge >= 0.3 is 0 Å². The quantitative estimate of drug-likeness (QED) is 0.530. The van der Waals surface area contributed by atoms with Crippen molar-refractivity contribution in [2.45, 2.75) is 45.1 Å². The van der Waals surface area contributed by atoms with Gasteiger partial charge in [0.1, 0.15) is 0 Å².